The van der Waals surface area contributed by atoms with Crippen LogP contribution in [0.2, 0.25) is 0 Å². The number of nitrogens with one attached hydrogen (secondary N) is 2. The Morgan fingerprint density at radius 2 is 2.00 bits per heavy atom. The fraction of sp³-hybridized carbons (Fsp3) is 0.933. The third-order valence-corrected chi connectivity index (χ3v) is 4.08. The van der Waals surface area contributed by atoms with Gasteiger partial charge < -0.3 is 20.4 Å². The van der Waals surface area contributed by atoms with Gasteiger partial charge in [0, 0.05) is 39.3 Å². The van der Waals surface area contributed by atoms with Crippen molar-refractivity contribution >= 4 is 5.96 Å². The lowest BCUT2D eigenvalue weighted by molar-refractivity contribution is 0.280. The maximum absolute atomic E-state index is 4.66. The van der Waals surface area contributed by atoms with Gasteiger partial charge in [-0.05, 0) is 52.2 Å². The molecular formula is C15H31N5. The Bertz CT molecular complexity index is 301. The van der Waals surface area contributed by atoms with Gasteiger partial charge >= 0.3 is 0 Å². The van der Waals surface area contributed by atoms with E-state index in [9.17, 15) is 0 Å². The second-order valence-electron chi connectivity index (χ2n) is 6.09. The maximum Gasteiger partial charge on any atom is 0.191 e. The van der Waals surface area contributed by atoms with Crippen molar-refractivity contribution in [1.29, 1.82) is 0 Å². The average molecular weight is 281 g/mol. The summed E-state index contributed by atoms with van der Waals surface area (Å²) in [5, 5.41) is 6.80. The molecule has 0 aromatic carbocycles. The van der Waals surface area contributed by atoms with Crippen molar-refractivity contribution in [2.45, 2.75) is 26.2 Å². The minimum absolute atomic E-state index is 0.853. The SMILES string of the molecule is CCNC(=NCC1CC1)NCCN1CCCN(C)CC1. The first-order valence-electron chi connectivity index (χ1n) is 8.21. The Morgan fingerprint density at radius 1 is 1.15 bits per heavy atom. The molecule has 0 bridgehead atoms. The topological polar surface area (TPSA) is 42.9 Å². The molecule has 0 aromatic heterocycles. The zero-order chi connectivity index (χ0) is 14.2. The summed E-state index contributed by atoms with van der Waals surface area (Å²) in [6.45, 7) is 11.0. The molecule has 1 heterocycles. The molecule has 1 aliphatic heterocycles. The van der Waals surface area contributed by atoms with Crippen LogP contribution in [0.25, 0.3) is 0 Å². The van der Waals surface area contributed by atoms with Crippen LogP contribution in [-0.4, -0.2) is 75.2 Å². The largest absolute Gasteiger partial charge is 0.357 e. The standard InChI is InChI=1S/C15H31N5/c1-3-16-15(18-13-14-5-6-14)17-7-10-20-9-4-8-19(2)11-12-20/h14H,3-13H2,1-2H3,(H2,16,17,18). The van der Waals surface area contributed by atoms with Crippen molar-refractivity contribution in [3.8, 4) is 0 Å². The minimum atomic E-state index is 0.853. The van der Waals surface area contributed by atoms with Crippen molar-refractivity contribution in [2.75, 3.05) is 59.4 Å². The van der Waals surface area contributed by atoms with E-state index < -0.39 is 0 Å². The lowest BCUT2D eigenvalue weighted by atomic mass is 10.4. The predicted octanol–water partition coefficient (Wildman–Crippen LogP) is 0.589. The molecular weight excluding hydrogens is 250 g/mol. The highest BCUT2D eigenvalue weighted by Gasteiger charge is 2.20. The van der Waals surface area contributed by atoms with Crippen LogP contribution in [0.5, 0.6) is 0 Å². The molecule has 2 rings (SSSR count). The summed E-state index contributed by atoms with van der Waals surface area (Å²) >= 11 is 0. The average Bonchev–Trinajstić information content (AvgIpc) is 3.25. The zero-order valence-electron chi connectivity index (χ0n) is 13.2. The third kappa shape index (κ3) is 6.09. The van der Waals surface area contributed by atoms with Crippen molar-refractivity contribution in [1.82, 2.24) is 20.4 Å². The zero-order valence-corrected chi connectivity index (χ0v) is 13.2. The van der Waals surface area contributed by atoms with Crippen molar-refractivity contribution < 1.29 is 0 Å². The van der Waals surface area contributed by atoms with Crippen LogP contribution in [0.15, 0.2) is 4.99 Å². The number of nitrogens with zero attached hydrogens (tertiary/aromatic N) is 3. The number of hydrogen-bond donors (Lipinski definition) is 2. The number of hydrogen-bond acceptors (Lipinski definition) is 3. The Balaban J connectivity index is 1.64. The Labute approximate surface area is 123 Å². The third-order valence-electron chi connectivity index (χ3n) is 4.08. The lowest BCUT2D eigenvalue weighted by Crippen LogP contribution is -2.42. The first-order valence-corrected chi connectivity index (χ1v) is 8.21. The van der Waals surface area contributed by atoms with Crippen LogP contribution in [0.3, 0.4) is 0 Å². The summed E-state index contributed by atoms with van der Waals surface area (Å²) in [7, 11) is 2.22. The van der Waals surface area contributed by atoms with Crippen molar-refractivity contribution in [3.63, 3.8) is 0 Å². The first kappa shape index (κ1) is 15.6. The summed E-state index contributed by atoms with van der Waals surface area (Å²) in [4.78, 5) is 9.64. The van der Waals surface area contributed by atoms with E-state index in [1.165, 1.54) is 45.4 Å². The van der Waals surface area contributed by atoms with Gasteiger partial charge in [0.1, 0.15) is 0 Å². The summed E-state index contributed by atoms with van der Waals surface area (Å²) < 4.78 is 0. The first-order chi connectivity index (χ1) is 9.78. The van der Waals surface area contributed by atoms with Crippen LogP contribution in [-0.2, 0) is 0 Å². The fourth-order valence-electron chi connectivity index (χ4n) is 2.52. The van der Waals surface area contributed by atoms with Gasteiger partial charge in [-0.1, -0.05) is 0 Å². The second kappa shape index (κ2) is 8.47. The highest BCUT2D eigenvalue weighted by atomic mass is 15.2. The molecule has 0 radical (unpaired) electrons. The van der Waals surface area contributed by atoms with Crippen LogP contribution in [0.4, 0.5) is 0 Å². The highest BCUT2D eigenvalue weighted by molar-refractivity contribution is 5.79. The van der Waals surface area contributed by atoms with Gasteiger partial charge in [-0.2, -0.15) is 0 Å². The molecule has 0 aromatic rings. The van der Waals surface area contributed by atoms with E-state index in [-0.39, 0.29) is 0 Å². The predicted molar refractivity (Wildman–Crippen MR) is 85.3 cm³/mol. The molecule has 1 saturated carbocycles. The van der Waals surface area contributed by atoms with Gasteiger partial charge in [0.25, 0.3) is 0 Å². The number of rotatable bonds is 6. The van der Waals surface area contributed by atoms with Crippen LogP contribution in [0.1, 0.15) is 26.2 Å². The molecule has 0 atom stereocenters. The normalized spacial score (nSPS) is 22.6. The summed E-state index contributed by atoms with van der Waals surface area (Å²) in [5.74, 6) is 1.85. The van der Waals surface area contributed by atoms with E-state index in [0.717, 1.165) is 38.1 Å². The Morgan fingerprint density at radius 3 is 2.75 bits per heavy atom. The fourth-order valence-corrected chi connectivity index (χ4v) is 2.52. The van der Waals surface area contributed by atoms with E-state index in [4.69, 9.17) is 0 Å². The van der Waals surface area contributed by atoms with Crippen molar-refractivity contribution in [3.05, 3.63) is 0 Å². The molecule has 2 aliphatic rings. The van der Waals surface area contributed by atoms with E-state index in [0.29, 0.717) is 0 Å². The number of guanidine groups is 1. The molecule has 5 nitrogen and oxygen atoms in total. The Kier molecular flexibility index (Phi) is 6.60. The molecule has 0 spiro atoms. The molecule has 0 amide bonds. The monoisotopic (exact) mass is 281 g/mol. The second-order valence-corrected chi connectivity index (χ2v) is 6.09. The van der Waals surface area contributed by atoms with Gasteiger partial charge in [-0.15, -0.1) is 0 Å². The van der Waals surface area contributed by atoms with E-state index in [1.807, 2.05) is 0 Å². The van der Waals surface area contributed by atoms with E-state index in [1.54, 1.807) is 0 Å². The molecule has 5 heteroatoms. The van der Waals surface area contributed by atoms with Crippen LogP contribution < -0.4 is 10.6 Å². The molecule has 116 valence electrons. The maximum atomic E-state index is 4.66. The van der Waals surface area contributed by atoms with E-state index >= 15 is 0 Å². The molecule has 2 fully saturated rings. The van der Waals surface area contributed by atoms with Gasteiger partial charge in [0.2, 0.25) is 0 Å². The van der Waals surface area contributed by atoms with Gasteiger partial charge in [-0.25, -0.2) is 0 Å². The van der Waals surface area contributed by atoms with Crippen molar-refractivity contribution in [2.24, 2.45) is 10.9 Å². The van der Waals surface area contributed by atoms with Crippen LogP contribution in [0, 0.1) is 5.92 Å². The van der Waals surface area contributed by atoms with Crippen LogP contribution >= 0.6 is 0 Å². The van der Waals surface area contributed by atoms with Gasteiger partial charge in [0.15, 0.2) is 5.96 Å². The number of aliphatic imine (C=N–C) groups is 1. The van der Waals surface area contributed by atoms with E-state index in [2.05, 4.69) is 39.4 Å². The molecule has 1 aliphatic carbocycles. The molecule has 2 N–H and O–H groups in total. The molecule has 0 unspecified atom stereocenters. The number of likely N-dealkylation sites (N-methyl/N-ethyl adjacent to an activating group) is 1. The minimum Gasteiger partial charge on any atom is -0.357 e. The smallest absolute Gasteiger partial charge is 0.191 e. The molecule has 20 heavy (non-hydrogen) atoms. The van der Waals surface area contributed by atoms with Gasteiger partial charge in [0.05, 0.1) is 0 Å². The summed E-state index contributed by atoms with van der Waals surface area (Å²) in [5.41, 5.74) is 0. The quantitative estimate of drug-likeness (QED) is 0.552. The van der Waals surface area contributed by atoms with Gasteiger partial charge in [-0.3, -0.25) is 4.99 Å². The Hall–Kier alpha value is -0.810. The molecule has 1 saturated heterocycles. The highest BCUT2D eigenvalue weighted by Crippen LogP contribution is 2.28. The summed E-state index contributed by atoms with van der Waals surface area (Å²) in [6.07, 6.45) is 4.01. The summed E-state index contributed by atoms with van der Waals surface area (Å²) in [6, 6.07) is 0. The lowest BCUT2D eigenvalue weighted by Gasteiger charge is -2.21.